The third kappa shape index (κ3) is 4.70. The van der Waals surface area contributed by atoms with Crippen molar-refractivity contribution in [2.24, 2.45) is 0 Å². The molecule has 0 unspecified atom stereocenters. The maximum absolute atomic E-state index is 7.17. The minimum absolute atomic E-state index is 1.21. The van der Waals surface area contributed by atoms with Crippen molar-refractivity contribution < 1.29 is 15.1 Å². The summed E-state index contributed by atoms with van der Waals surface area (Å²) in [5, 5.41) is 21.5. The summed E-state index contributed by atoms with van der Waals surface area (Å²) in [5.74, 6) is 0. The van der Waals surface area contributed by atoms with Gasteiger partial charge in [0.05, 0.1) is 0 Å². The molecule has 0 aliphatic rings. The molecule has 1 heterocycles. The van der Waals surface area contributed by atoms with Crippen LogP contribution in [0.15, 0.2) is 54.9 Å². The van der Waals surface area contributed by atoms with E-state index < -0.39 is 7.32 Å². The van der Waals surface area contributed by atoms with E-state index in [1.54, 1.807) is 0 Å². The van der Waals surface area contributed by atoms with Gasteiger partial charge < -0.3 is 15.1 Å². The van der Waals surface area contributed by atoms with E-state index in [1.165, 1.54) is 11.1 Å². The van der Waals surface area contributed by atoms with Crippen molar-refractivity contribution >= 4 is 7.32 Å². The number of pyridine rings is 1. The first-order chi connectivity index (χ1) is 7.70. The van der Waals surface area contributed by atoms with Crippen molar-refractivity contribution in [3.05, 3.63) is 54.9 Å². The number of benzene rings is 1. The summed E-state index contributed by atoms with van der Waals surface area (Å²) in [4.78, 5) is 3.97. The van der Waals surface area contributed by atoms with Gasteiger partial charge >= 0.3 is 7.32 Å². The van der Waals surface area contributed by atoms with E-state index in [9.17, 15) is 0 Å². The fraction of sp³-hybridized carbons (Fsp3) is 0. The summed E-state index contributed by atoms with van der Waals surface area (Å²) in [7, 11) is -2.17. The molecule has 0 saturated heterocycles. The summed E-state index contributed by atoms with van der Waals surface area (Å²) in [6.07, 6.45) is 3.62. The van der Waals surface area contributed by atoms with Gasteiger partial charge in [0.25, 0.3) is 0 Å². The normalized spacial score (nSPS) is 8.94. The molecule has 5 heteroatoms. The van der Waals surface area contributed by atoms with Gasteiger partial charge in [-0.1, -0.05) is 30.3 Å². The molecular formula is C11H12BNO3. The van der Waals surface area contributed by atoms with Crippen molar-refractivity contribution in [3.8, 4) is 11.1 Å². The van der Waals surface area contributed by atoms with Crippen LogP contribution in [0.25, 0.3) is 11.1 Å². The average Bonchev–Trinajstić information content (AvgIpc) is 2.31. The Kier molecular flexibility index (Phi) is 5.21. The molecule has 0 spiro atoms. The molecule has 3 N–H and O–H groups in total. The smallest absolute Gasteiger partial charge is 0.402 e. The second-order valence-corrected chi connectivity index (χ2v) is 2.95. The highest BCUT2D eigenvalue weighted by atomic mass is 16.5. The maximum atomic E-state index is 7.17. The van der Waals surface area contributed by atoms with Crippen molar-refractivity contribution in [3.63, 3.8) is 0 Å². The second kappa shape index (κ2) is 6.74. The van der Waals surface area contributed by atoms with Crippen LogP contribution in [-0.2, 0) is 0 Å². The molecule has 2 aromatic rings. The van der Waals surface area contributed by atoms with Gasteiger partial charge in [-0.3, -0.25) is 4.98 Å². The van der Waals surface area contributed by atoms with E-state index in [0.29, 0.717) is 0 Å². The summed E-state index contributed by atoms with van der Waals surface area (Å²) in [6, 6.07) is 14.3. The Labute approximate surface area is 94.0 Å². The summed E-state index contributed by atoms with van der Waals surface area (Å²) in [6.45, 7) is 0. The van der Waals surface area contributed by atoms with Crippen LogP contribution in [0, 0.1) is 0 Å². The van der Waals surface area contributed by atoms with E-state index in [1.807, 2.05) is 42.7 Å². The molecule has 0 amide bonds. The minimum Gasteiger partial charge on any atom is -0.402 e. The molecule has 2 rings (SSSR count). The first kappa shape index (κ1) is 12.4. The van der Waals surface area contributed by atoms with Gasteiger partial charge in [-0.25, -0.2) is 0 Å². The first-order valence-corrected chi connectivity index (χ1v) is 4.70. The third-order valence-electron chi connectivity index (χ3n) is 1.79. The van der Waals surface area contributed by atoms with E-state index in [2.05, 4.69) is 17.1 Å². The zero-order valence-corrected chi connectivity index (χ0v) is 8.56. The second-order valence-electron chi connectivity index (χ2n) is 2.95. The predicted molar refractivity (Wildman–Crippen MR) is 62.1 cm³/mol. The van der Waals surface area contributed by atoms with Crippen LogP contribution < -0.4 is 0 Å². The zero-order valence-electron chi connectivity index (χ0n) is 8.56. The van der Waals surface area contributed by atoms with Gasteiger partial charge in [0, 0.05) is 12.4 Å². The number of hydrogen-bond acceptors (Lipinski definition) is 4. The van der Waals surface area contributed by atoms with E-state index >= 15 is 0 Å². The Balaban J connectivity index is 0.000000280. The van der Waals surface area contributed by atoms with Gasteiger partial charge in [0.15, 0.2) is 0 Å². The Morgan fingerprint density at radius 3 is 1.69 bits per heavy atom. The Morgan fingerprint density at radius 2 is 1.19 bits per heavy atom. The molecule has 0 saturated carbocycles. The fourth-order valence-electron chi connectivity index (χ4n) is 1.17. The summed E-state index contributed by atoms with van der Waals surface area (Å²) < 4.78 is 0. The van der Waals surface area contributed by atoms with Crippen molar-refractivity contribution in [2.45, 2.75) is 0 Å². The lowest BCUT2D eigenvalue weighted by molar-refractivity contribution is 0.278. The van der Waals surface area contributed by atoms with Crippen LogP contribution in [0.1, 0.15) is 0 Å². The molecule has 0 aliphatic carbocycles. The SMILES string of the molecule is OB(O)O.c1ccc(-c2ccncc2)cc1. The molecule has 0 bridgehead atoms. The van der Waals surface area contributed by atoms with Crippen LogP contribution in [0.4, 0.5) is 0 Å². The first-order valence-electron chi connectivity index (χ1n) is 4.70. The minimum atomic E-state index is -2.17. The lowest BCUT2D eigenvalue weighted by Crippen LogP contribution is -2.07. The quantitative estimate of drug-likeness (QED) is 0.614. The molecule has 0 aliphatic heterocycles. The number of rotatable bonds is 1. The number of hydrogen-bond donors (Lipinski definition) is 3. The fourth-order valence-corrected chi connectivity index (χ4v) is 1.17. The topological polar surface area (TPSA) is 73.6 Å². The van der Waals surface area contributed by atoms with Crippen molar-refractivity contribution in [1.82, 2.24) is 4.98 Å². The van der Waals surface area contributed by atoms with Crippen molar-refractivity contribution in [2.75, 3.05) is 0 Å². The molecule has 0 atom stereocenters. The standard InChI is InChI=1S/C11H9N.BH3O3/c1-2-4-10(5-3-1)11-6-8-12-9-7-11;2-1(3)4/h1-9H;2-4H. The lowest BCUT2D eigenvalue weighted by Gasteiger charge is -1.98. The summed E-state index contributed by atoms with van der Waals surface area (Å²) >= 11 is 0. The van der Waals surface area contributed by atoms with Gasteiger partial charge in [-0.2, -0.15) is 0 Å². The van der Waals surface area contributed by atoms with Gasteiger partial charge in [0.2, 0.25) is 0 Å². The monoisotopic (exact) mass is 217 g/mol. The Hall–Kier alpha value is -1.69. The number of aromatic nitrogens is 1. The Morgan fingerprint density at radius 1 is 0.750 bits per heavy atom. The van der Waals surface area contributed by atoms with E-state index in [-0.39, 0.29) is 0 Å². The van der Waals surface area contributed by atoms with E-state index in [0.717, 1.165) is 0 Å². The van der Waals surface area contributed by atoms with Gasteiger partial charge in [-0.15, -0.1) is 0 Å². The van der Waals surface area contributed by atoms with Crippen LogP contribution in [0.5, 0.6) is 0 Å². The maximum Gasteiger partial charge on any atom is 0.631 e. The highest BCUT2D eigenvalue weighted by Crippen LogP contribution is 2.16. The molecule has 1 aromatic carbocycles. The van der Waals surface area contributed by atoms with Gasteiger partial charge in [0.1, 0.15) is 0 Å². The van der Waals surface area contributed by atoms with Crippen LogP contribution >= 0.6 is 0 Å². The number of nitrogens with zero attached hydrogens (tertiary/aromatic N) is 1. The van der Waals surface area contributed by atoms with E-state index in [4.69, 9.17) is 15.1 Å². The van der Waals surface area contributed by atoms with Crippen molar-refractivity contribution in [1.29, 1.82) is 0 Å². The predicted octanol–water partition coefficient (Wildman–Crippen LogP) is 0.697. The molecule has 0 fully saturated rings. The molecule has 16 heavy (non-hydrogen) atoms. The summed E-state index contributed by atoms with van der Waals surface area (Å²) in [5.41, 5.74) is 2.45. The van der Waals surface area contributed by atoms with Crippen LogP contribution in [0.3, 0.4) is 0 Å². The third-order valence-corrected chi connectivity index (χ3v) is 1.79. The molecule has 82 valence electrons. The average molecular weight is 217 g/mol. The Bertz CT molecular complexity index is 354. The molecular weight excluding hydrogens is 205 g/mol. The molecule has 4 nitrogen and oxygen atoms in total. The van der Waals surface area contributed by atoms with Crippen LogP contribution in [0.2, 0.25) is 0 Å². The van der Waals surface area contributed by atoms with Crippen LogP contribution in [-0.4, -0.2) is 27.4 Å². The largest absolute Gasteiger partial charge is 0.631 e. The lowest BCUT2D eigenvalue weighted by atomic mass is 10.1. The zero-order chi connectivity index (χ0) is 11.8. The van der Waals surface area contributed by atoms with Gasteiger partial charge in [-0.05, 0) is 23.3 Å². The highest BCUT2D eigenvalue weighted by Gasteiger charge is 1.93. The highest BCUT2D eigenvalue weighted by molar-refractivity contribution is 6.30. The molecule has 0 radical (unpaired) electrons. The molecule has 1 aromatic heterocycles.